The van der Waals surface area contributed by atoms with Crippen LogP contribution in [0.1, 0.15) is 65.9 Å². The minimum atomic E-state index is -0.900. The van der Waals surface area contributed by atoms with E-state index < -0.39 is 35.2 Å². The van der Waals surface area contributed by atoms with Crippen molar-refractivity contribution in [2.24, 2.45) is 5.92 Å². The monoisotopic (exact) mass is 462 g/mol. The second-order valence-electron chi connectivity index (χ2n) is 9.44. The molecule has 0 heterocycles. The van der Waals surface area contributed by atoms with Crippen LogP contribution in [0.25, 0.3) is 0 Å². The molecule has 0 unspecified atom stereocenters. The number of benzene rings is 1. The van der Waals surface area contributed by atoms with Crippen molar-refractivity contribution < 1.29 is 28.7 Å². The summed E-state index contributed by atoms with van der Waals surface area (Å²) in [5.74, 6) is -1.54. The number of hydrogen-bond donors (Lipinski definition) is 2. The number of esters is 1. The molecule has 0 fully saturated rings. The van der Waals surface area contributed by atoms with Crippen molar-refractivity contribution >= 4 is 23.6 Å². The van der Waals surface area contributed by atoms with Gasteiger partial charge in [0.2, 0.25) is 11.7 Å². The van der Waals surface area contributed by atoms with E-state index in [-0.39, 0.29) is 18.9 Å². The van der Waals surface area contributed by atoms with Crippen molar-refractivity contribution in [2.75, 3.05) is 13.7 Å². The lowest BCUT2D eigenvalue weighted by Crippen LogP contribution is -2.50. The Kier molecular flexibility index (Phi) is 11.6. The van der Waals surface area contributed by atoms with Crippen LogP contribution >= 0.6 is 0 Å². The van der Waals surface area contributed by atoms with Gasteiger partial charge in [0, 0.05) is 6.42 Å². The van der Waals surface area contributed by atoms with Gasteiger partial charge in [0.15, 0.2) is 0 Å². The second-order valence-corrected chi connectivity index (χ2v) is 9.44. The van der Waals surface area contributed by atoms with E-state index in [0.717, 1.165) is 24.2 Å². The number of aryl methyl sites for hydroxylation is 1. The van der Waals surface area contributed by atoms with Gasteiger partial charge in [-0.25, -0.2) is 0 Å². The van der Waals surface area contributed by atoms with Gasteiger partial charge < -0.3 is 20.1 Å². The highest BCUT2D eigenvalue weighted by molar-refractivity contribution is 6.36. The number of nitrogens with one attached hydrogen (secondary N) is 2. The third-order valence-corrected chi connectivity index (χ3v) is 4.69. The Morgan fingerprint density at radius 3 is 2.18 bits per heavy atom. The smallest absolute Gasteiger partial charge is 0.325 e. The van der Waals surface area contributed by atoms with E-state index in [9.17, 15) is 19.2 Å². The van der Waals surface area contributed by atoms with Crippen LogP contribution in [0.3, 0.4) is 0 Å². The summed E-state index contributed by atoms with van der Waals surface area (Å²) >= 11 is 0. The van der Waals surface area contributed by atoms with Crippen molar-refractivity contribution in [1.82, 2.24) is 10.6 Å². The van der Waals surface area contributed by atoms with Gasteiger partial charge in [0.25, 0.3) is 5.91 Å². The molecule has 1 aromatic rings. The molecule has 0 bridgehead atoms. The van der Waals surface area contributed by atoms with Crippen molar-refractivity contribution in [3.8, 4) is 5.75 Å². The number of Topliss-reactive ketones (excluding diaryl/α,β-unsaturated/α-hetero) is 1. The normalized spacial score (nSPS) is 12.1. The molecule has 8 heteroatoms. The summed E-state index contributed by atoms with van der Waals surface area (Å²) in [6.45, 7) is 8.70. The lowest BCUT2D eigenvalue weighted by Gasteiger charge is -2.22. The molecule has 2 amide bonds. The molecule has 1 aromatic carbocycles. The minimum Gasteiger partial charge on any atom is -0.497 e. The van der Waals surface area contributed by atoms with Crippen molar-refractivity contribution in [2.45, 2.75) is 78.4 Å². The first-order chi connectivity index (χ1) is 15.4. The highest BCUT2D eigenvalue weighted by Crippen LogP contribution is 2.14. The third kappa shape index (κ3) is 12.1. The summed E-state index contributed by atoms with van der Waals surface area (Å²) in [6, 6.07) is 6.82. The molecule has 0 saturated carbocycles. The van der Waals surface area contributed by atoms with Gasteiger partial charge in [-0.1, -0.05) is 26.0 Å². The van der Waals surface area contributed by atoms with Crippen LogP contribution in [0.4, 0.5) is 0 Å². The van der Waals surface area contributed by atoms with Crippen LogP contribution in [0.15, 0.2) is 24.3 Å². The van der Waals surface area contributed by atoms with Crippen molar-refractivity contribution in [3.05, 3.63) is 29.8 Å². The van der Waals surface area contributed by atoms with Crippen LogP contribution in [0.5, 0.6) is 5.75 Å². The summed E-state index contributed by atoms with van der Waals surface area (Å²) in [5, 5.41) is 5.01. The van der Waals surface area contributed by atoms with E-state index in [2.05, 4.69) is 10.6 Å². The Balaban J connectivity index is 2.49. The Bertz CT molecular complexity index is 796. The number of carbonyl (C=O) groups excluding carboxylic acids is 4. The Labute approximate surface area is 196 Å². The number of rotatable bonds is 13. The van der Waals surface area contributed by atoms with Crippen LogP contribution in [-0.2, 0) is 30.3 Å². The number of methoxy groups -OCH3 is 1. The number of amides is 2. The molecule has 184 valence electrons. The zero-order valence-corrected chi connectivity index (χ0v) is 20.7. The number of unbranched alkanes of at least 4 members (excludes halogenated alkanes) is 1. The fourth-order valence-electron chi connectivity index (χ4n) is 3.12. The van der Waals surface area contributed by atoms with Gasteiger partial charge in [0.1, 0.15) is 23.9 Å². The van der Waals surface area contributed by atoms with E-state index in [1.54, 1.807) is 27.9 Å². The van der Waals surface area contributed by atoms with Crippen LogP contribution in [0, 0.1) is 5.92 Å². The number of ketones is 1. The molecule has 0 spiro atoms. The standard InChI is InChI=1S/C25H38N2O6/c1-17(2)15-20(23(30)26-16-22(29)33-25(3,4)5)27-24(31)21(28)10-8-7-9-18-11-13-19(32-6)14-12-18/h11-14,17,20H,7-10,15-16H2,1-6H3,(H,26,30)(H,27,31)/t20-/m0/s1. The van der Waals surface area contributed by atoms with E-state index in [0.29, 0.717) is 12.8 Å². The maximum atomic E-state index is 12.5. The first kappa shape index (κ1) is 28.1. The first-order valence-electron chi connectivity index (χ1n) is 11.4. The quantitative estimate of drug-likeness (QED) is 0.265. The summed E-state index contributed by atoms with van der Waals surface area (Å²) < 4.78 is 10.3. The van der Waals surface area contributed by atoms with E-state index >= 15 is 0 Å². The van der Waals surface area contributed by atoms with Gasteiger partial charge in [-0.05, 0) is 70.1 Å². The van der Waals surface area contributed by atoms with E-state index in [1.807, 2.05) is 38.1 Å². The summed E-state index contributed by atoms with van der Waals surface area (Å²) in [6.07, 6.45) is 2.57. The summed E-state index contributed by atoms with van der Waals surface area (Å²) in [7, 11) is 1.61. The fraction of sp³-hybridized carbons (Fsp3) is 0.600. The largest absolute Gasteiger partial charge is 0.497 e. The lowest BCUT2D eigenvalue weighted by atomic mass is 10.0. The summed E-state index contributed by atoms with van der Waals surface area (Å²) in [4.78, 5) is 49.0. The molecule has 0 aliphatic carbocycles. The SMILES string of the molecule is COc1ccc(CCCCC(=O)C(=O)N[C@@H](CC(C)C)C(=O)NCC(=O)OC(C)(C)C)cc1. The molecule has 1 atom stereocenters. The molecule has 33 heavy (non-hydrogen) atoms. The van der Waals surface area contributed by atoms with Crippen molar-refractivity contribution in [1.29, 1.82) is 0 Å². The molecular weight excluding hydrogens is 424 g/mol. The maximum Gasteiger partial charge on any atom is 0.325 e. The topological polar surface area (TPSA) is 111 Å². The first-order valence-corrected chi connectivity index (χ1v) is 11.4. The zero-order chi connectivity index (χ0) is 25.0. The number of hydrogen-bond acceptors (Lipinski definition) is 6. The average molecular weight is 463 g/mol. The molecular formula is C25H38N2O6. The Morgan fingerprint density at radius 1 is 1.00 bits per heavy atom. The van der Waals surface area contributed by atoms with Gasteiger partial charge in [-0.3, -0.25) is 19.2 Å². The molecule has 0 aliphatic heterocycles. The Morgan fingerprint density at radius 2 is 1.64 bits per heavy atom. The van der Waals surface area contributed by atoms with E-state index in [4.69, 9.17) is 9.47 Å². The molecule has 1 rings (SSSR count). The molecule has 0 radical (unpaired) electrons. The maximum absolute atomic E-state index is 12.5. The van der Waals surface area contributed by atoms with Gasteiger partial charge in [0.05, 0.1) is 7.11 Å². The lowest BCUT2D eigenvalue weighted by molar-refractivity contribution is -0.154. The second kappa shape index (κ2) is 13.6. The van der Waals surface area contributed by atoms with Gasteiger partial charge in [-0.2, -0.15) is 0 Å². The van der Waals surface area contributed by atoms with Crippen LogP contribution < -0.4 is 15.4 Å². The predicted molar refractivity (Wildman–Crippen MR) is 126 cm³/mol. The predicted octanol–water partition coefficient (Wildman–Crippen LogP) is 2.97. The fourth-order valence-corrected chi connectivity index (χ4v) is 3.12. The Hall–Kier alpha value is -2.90. The minimum absolute atomic E-state index is 0.0992. The van der Waals surface area contributed by atoms with Gasteiger partial charge >= 0.3 is 5.97 Å². The van der Waals surface area contributed by atoms with Crippen LogP contribution in [-0.4, -0.2) is 48.9 Å². The van der Waals surface area contributed by atoms with Gasteiger partial charge in [-0.15, -0.1) is 0 Å². The molecule has 0 aliphatic rings. The highest BCUT2D eigenvalue weighted by atomic mass is 16.6. The van der Waals surface area contributed by atoms with E-state index in [1.165, 1.54) is 0 Å². The summed E-state index contributed by atoms with van der Waals surface area (Å²) in [5.41, 5.74) is 0.471. The number of carbonyl (C=O) groups is 4. The van der Waals surface area contributed by atoms with Crippen molar-refractivity contribution in [3.63, 3.8) is 0 Å². The molecule has 0 aromatic heterocycles. The zero-order valence-electron chi connectivity index (χ0n) is 20.7. The number of ether oxygens (including phenoxy) is 2. The average Bonchev–Trinajstić information content (AvgIpc) is 2.73. The van der Waals surface area contributed by atoms with Crippen LogP contribution in [0.2, 0.25) is 0 Å². The molecule has 0 saturated heterocycles. The molecule has 2 N–H and O–H groups in total. The highest BCUT2D eigenvalue weighted by Gasteiger charge is 2.26. The third-order valence-electron chi connectivity index (χ3n) is 4.69. The molecule has 8 nitrogen and oxygen atoms in total.